The third-order valence-electron chi connectivity index (χ3n) is 5.86. The highest BCUT2D eigenvalue weighted by Gasteiger charge is 2.45. The van der Waals surface area contributed by atoms with Gasteiger partial charge in [-0.25, -0.2) is 0 Å². The van der Waals surface area contributed by atoms with Crippen LogP contribution in [0.15, 0.2) is 33.5 Å². The van der Waals surface area contributed by atoms with Gasteiger partial charge >= 0.3 is 0 Å². The maximum absolute atomic E-state index is 13.3. The van der Waals surface area contributed by atoms with Gasteiger partial charge in [-0.15, -0.1) is 0 Å². The van der Waals surface area contributed by atoms with Crippen LogP contribution >= 0.6 is 0 Å². The minimum absolute atomic E-state index is 0.0478. The predicted molar refractivity (Wildman–Crippen MR) is 119 cm³/mol. The molecule has 35 heavy (non-hydrogen) atoms. The van der Waals surface area contributed by atoms with Crippen LogP contribution in [0.3, 0.4) is 0 Å². The lowest BCUT2D eigenvalue weighted by Crippen LogP contribution is -2.60. The van der Waals surface area contributed by atoms with Crippen molar-refractivity contribution >= 4 is 11.0 Å². The van der Waals surface area contributed by atoms with E-state index in [9.17, 15) is 40.5 Å². The molecule has 0 radical (unpaired) electrons. The minimum atomic E-state index is -1.82. The molecule has 1 fully saturated rings. The second-order valence-corrected chi connectivity index (χ2v) is 8.01. The molecule has 7 N–H and O–H groups in total. The molecule has 1 aliphatic heterocycles. The third kappa shape index (κ3) is 4.00. The summed E-state index contributed by atoms with van der Waals surface area (Å²) < 4.78 is 22.0. The first-order chi connectivity index (χ1) is 16.6. The largest absolute Gasteiger partial charge is 0.508 e. The summed E-state index contributed by atoms with van der Waals surface area (Å²) in [6, 6.07) is 5.56. The number of benzene rings is 2. The molecule has 0 saturated carbocycles. The van der Waals surface area contributed by atoms with Gasteiger partial charge < -0.3 is 54.4 Å². The molecule has 0 bridgehead atoms. The normalized spacial score (nSPS) is 24.5. The lowest BCUT2D eigenvalue weighted by Gasteiger charge is -2.39. The highest BCUT2D eigenvalue weighted by atomic mass is 16.7. The maximum Gasteiger partial charge on any atom is 0.239 e. The number of fused-ring (bicyclic) bond motifs is 1. The smallest absolute Gasteiger partial charge is 0.239 e. The fourth-order valence-electron chi connectivity index (χ4n) is 3.85. The summed E-state index contributed by atoms with van der Waals surface area (Å²) in [7, 11) is 1.22. The van der Waals surface area contributed by atoms with Gasteiger partial charge in [0, 0.05) is 11.1 Å². The van der Waals surface area contributed by atoms with E-state index in [0.29, 0.717) is 5.56 Å². The van der Waals surface area contributed by atoms with Gasteiger partial charge in [-0.05, 0) is 31.2 Å². The summed E-state index contributed by atoms with van der Waals surface area (Å²) in [5, 5.41) is 70.4. The summed E-state index contributed by atoms with van der Waals surface area (Å²) in [6.45, 7) is 0.577. The second-order valence-electron chi connectivity index (χ2n) is 8.01. The number of aliphatic hydroxyl groups is 4. The first-order valence-corrected chi connectivity index (χ1v) is 10.5. The average Bonchev–Trinajstić information content (AvgIpc) is 2.85. The Kier molecular flexibility index (Phi) is 6.49. The standard InChI is InChI=1S/C23H24O12/c1-8-13(26)12-16(29)21(32-2)19(9-3-5-10(25)6-4-9)34-20(12)22(14(8)27)35-23-18(31)17(30)15(28)11(7-24)33-23/h3-6,11,15,17-18,23-28,30-31H,7H2,1-2H3. The van der Waals surface area contributed by atoms with Crippen LogP contribution in [0.4, 0.5) is 0 Å². The van der Waals surface area contributed by atoms with Gasteiger partial charge in [0.15, 0.2) is 17.1 Å². The van der Waals surface area contributed by atoms with Crippen molar-refractivity contribution in [2.45, 2.75) is 37.6 Å². The third-order valence-corrected chi connectivity index (χ3v) is 5.86. The fraction of sp³-hybridized carbons (Fsp3) is 0.348. The van der Waals surface area contributed by atoms with E-state index in [0.717, 1.165) is 0 Å². The Bertz CT molecular complexity index is 1300. The quantitative estimate of drug-likeness (QED) is 0.253. The molecule has 3 aromatic rings. The van der Waals surface area contributed by atoms with E-state index in [1.165, 1.54) is 38.3 Å². The number of hydrogen-bond acceptors (Lipinski definition) is 12. The van der Waals surface area contributed by atoms with Crippen LogP contribution in [0.2, 0.25) is 0 Å². The minimum Gasteiger partial charge on any atom is -0.508 e. The molecule has 1 aromatic heterocycles. The van der Waals surface area contributed by atoms with Crippen molar-refractivity contribution in [3.63, 3.8) is 0 Å². The van der Waals surface area contributed by atoms with Crippen molar-refractivity contribution < 1.29 is 54.4 Å². The summed E-state index contributed by atoms with van der Waals surface area (Å²) >= 11 is 0. The van der Waals surface area contributed by atoms with Gasteiger partial charge in [-0.3, -0.25) is 4.79 Å². The monoisotopic (exact) mass is 492 g/mol. The summed E-state index contributed by atoms with van der Waals surface area (Å²) in [5.41, 5.74) is -1.10. The molecule has 1 saturated heterocycles. The van der Waals surface area contributed by atoms with Crippen molar-refractivity contribution in [1.82, 2.24) is 0 Å². The first kappa shape index (κ1) is 24.6. The fourth-order valence-corrected chi connectivity index (χ4v) is 3.85. The zero-order valence-electron chi connectivity index (χ0n) is 18.6. The van der Waals surface area contributed by atoms with E-state index < -0.39 is 71.0 Å². The van der Waals surface area contributed by atoms with E-state index in [1.54, 1.807) is 0 Å². The molecule has 0 amide bonds. The molecular weight excluding hydrogens is 468 g/mol. The van der Waals surface area contributed by atoms with E-state index in [4.69, 9.17) is 18.6 Å². The van der Waals surface area contributed by atoms with Gasteiger partial charge in [0.05, 0.1) is 13.7 Å². The molecular formula is C23H24O12. The van der Waals surface area contributed by atoms with E-state index >= 15 is 0 Å². The molecule has 1 aliphatic rings. The van der Waals surface area contributed by atoms with Crippen molar-refractivity contribution in [2.75, 3.05) is 13.7 Å². The Labute approximate surface area is 197 Å². The lowest BCUT2D eigenvalue weighted by molar-refractivity contribution is -0.277. The number of rotatable bonds is 5. The van der Waals surface area contributed by atoms with Crippen LogP contribution in [0.1, 0.15) is 5.56 Å². The SMILES string of the molecule is COc1c(-c2ccc(O)cc2)oc2c(OC3OC(CO)C(O)C(O)C3O)c(O)c(C)c(O)c2c1=O. The molecule has 0 spiro atoms. The number of aliphatic hydroxyl groups excluding tert-OH is 4. The van der Waals surface area contributed by atoms with Crippen LogP contribution in [0, 0.1) is 6.92 Å². The van der Waals surface area contributed by atoms with Gasteiger partial charge in [0.2, 0.25) is 23.2 Å². The Morgan fingerprint density at radius 3 is 2.20 bits per heavy atom. The van der Waals surface area contributed by atoms with E-state index in [-0.39, 0.29) is 22.8 Å². The summed E-state index contributed by atoms with van der Waals surface area (Å²) in [5.74, 6) is -2.22. The zero-order valence-corrected chi connectivity index (χ0v) is 18.6. The number of phenolic OH excluding ortho intramolecular Hbond substituents is 3. The molecule has 2 aromatic carbocycles. The summed E-state index contributed by atoms with van der Waals surface area (Å²) in [4.78, 5) is 13.3. The second kappa shape index (κ2) is 9.24. The van der Waals surface area contributed by atoms with Crippen molar-refractivity contribution in [3.8, 4) is 40.1 Å². The highest BCUT2D eigenvalue weighted by molar-refractivity contribution is 5.94. The van der Waals surface area contributed by atoms with Gasteiger partial charge in [-0.1, -0.05) is 0 Å². The predicted octanol–water partition coefficient (Wildman–Crippen LogP) is 0.0725. The van der Waals surface area contributed by atoms with Crippen molar-refractivity contribution in [1.29, 1.82) is 0 Å². The molecule has 0 aliphatic carbocycles. The van der Waals surface area contributed by atoms with E-state index in [2.05, 4.69) is 0 Å². The van der Waals surface area contributed by atoms with Gasteiger partial charge in [-0.2, -0.15) is 0 Å². The van der Waals surface area contributed by atoms with Crippen LogP contribution in [0.25, 0.3) is 22.3 Å². The molecule has 5 unspecified atom stereocenters. The van der Waals surface area contributed by atoms with Gasteiger partial charge in [0.1, 0.15) is 41.3 Å². The van der Waals surface area contributed by atoms with Crippen molar-refractivity contribution in [2.24, 2.45) is 0 Å². The average molecular weight is 492 g/mol. The van der Waals surface area contributed by atoms with Gasteiger partial charge in [0.25, 0.3) is 0 Å². The van der Waals surface area contributed by atoms with Crippen LogP contribution < -0.4 is 14.9 Å². The molecule has 12 nitrogen and oxygen atoms in total. The number of aromatic hydroxyl groups is 3. The maximum atomic E-state index is 13.3. The topological polar surface area (TPSA) is 200 Å². The lowest BCUT2D eigenvalue weighted by atomic mass is 9.99. The van der Waals surface area contributed by atoms with E-state index in [1.807, 2.05) is 0 Å². The van der Waals surface area contributed by atoms with Crippen LogP contribution in [-0.4, -0.2) is 80.2 Å². The summed E-state index contributed by atoms with van der Waals surface area (Å²) in [6.07, 6.45) is -8.25. The Hall–Kier alpha value is -3.55. The molecule has 4 rings (SSSR count). The molecule has 2 heterocycles. The molecule has 5 atom stereocenters. The number of hydrogen-bond donors (Lipinski definition) is 7. The number of ether oxygens (including phenoxy) is 3. The zero-order chi connectivity index (χ0) is 25.6. The Balaban J connectivity index is 1.95. The number of phenols is 3. The van der Waals surface area contributed by atoms with Crippen LogP contribution in [-0.2, 0) is 4.74 Å². The Morgan fingerprint density at radius 1 is 0.943 bits per heavy atom. The van der Waals surface area contributed by atoms with Crippen LogP contribution in [0.5, 0.6) is 28.7 Å². The molecule has 188 valence electrons. The first-order valence-electron chi connectivity index (χ1n) is 10.5. The van der Waals surface area contributed by atoms with Crippen molar-refractivity contribution in [3.05, 3.63) is 40.1 Å². The Morgan fingerprint density at radius 2 is 1.60 bits per heavy atom. The number of methoxy groups -OCH3 is 1. The highest BCUT2D eigenvalue weighted by Crippen LogP contribution is 2.46. The molecule has 12 heteroatoms.